The fourth-order valence-electron chi connectivity index (χ4n) is 4.35. The van der Waals surface area contributed by atoms with Crippen molar-refractivity contribution in [1.82, 2.24) is 20.6 Å². The highest BCUT2D eigenvalue weighted by atomic mass is 32.2. The zero-order chi connectivity index (χ0) is 24.3. The first-order valence-electron chi connectivity index (χ1n) is 11.4. The molecular formula is C25H30N4O4S. The summed E-state index contributed by atoms with van der Waals surface area (Å²) in [5.41, 5.74) is 2.54. The Kier molecular flexibility index (Phi) is 7.13. The quantitative estimate of drug-likeness (QED) is 0.530. The van der Waals surface area contributed by atoms with E-state index in [0.29, 0.717) is 47.9 Å². The monoisotopic (exact) mass is 482 g/mol. The third kappa shape index (κ3) is 5.71. The summed E-state index contributed by atoms with van der Waals surface area (Å²) in [6.45, 7) is 6.15. The van der Waals surface area contributed by atoms with Gasteiger partial charge in [-0.25, -0.2) is 13.4 Å². The molecule has 0 radical (unpaired) electrons. The maximum Gasteiger partial charge on any atom is 0.251 e. The van der Waals surface area contributed by atoms with Gasteiger partial charge in [0, 0.05) is 42.1 Å². The fourth-order valence-corrected chi connectivity index (χ4v) is 6.39. The minimum absolute atomic E-state index is 0.138. The van der Waals surface area contributed by atoms with Crippen LogP contribution in [-0.2, 0) is 22.1 Å². The predicted octanol–water partition coefficient (Wildman–Crippen LogP) is 3.42. The Labute approximate surface area is 200 Å². The SMILES string of the molecule is Cc1oc(-c2ccc(C(=O)NCc3cccnc3)cc2)nc1CS(=O)(=O)C1C[C@@H](C)N[C@@H](C)C1. The molecule has 0 aliphatic carbocycles. The van der Waals surface area contributed by atoms with Gasteiger partial charge in [-0.15, -0.1) is 0 Å². The molecule has 3 atom stereocenters. The minimum atomic E-state index is -3.36. The topological polar surface area (TPSA) is 114 Å². The van der Waals surface area contributed by atoms with E-state index in [2.05, 4.69) is 20.6 Å². The van der Waals surface area contributed by atoms with Crippen molar-refractivity contribution in [2.75, 3.05) is 0 Å². The zero-order valence-electron chi connectivity index (χ0n) is 19.6. The lowest BCUT2D eigenvalue weighted by Crippen LogP contribution is -2.47. The summed E-state index contributed by atoms with van der Waals surface area (Å²) in [6, 6.07) is 10.9. The molecule has 8 nitrogen and oxygen atoms in total. The number of hydrogen-bond acceptors (Lipinski definition) is 7. The molecule has 1 aromatic carbocycles. The molecule has 2 N–H and O–H groups in total. The molecule has 1 saturated heterocycles. The molecule has 1 aliphatic rings. The van der Waals surface area contributed by atoms with E-state index in [1.165, 1.54) is 0 Å². The van der Waals surface area contributed by atoms with E-state index in [0.717, 1.165) is 5.56 Å². The van der Waals surface area contributed by atoms with Crippen molar-refractivity contribution in [2.45, 2.75) is 63.2 Å². The van der Waals surface area contributed by atoms with Gasteiger partial charge in [-0.1, -0.05) is 6.07 Å². The van der Waals surface area contributed by atoms with Crippen LogP contribution in [0, 0.1) is 6.92 Å². The highest BCUT2D eigenvalue weighted by molar-refractivity contribution is 7.91. The smallest absolute Gasteiger partial charge is 0.251 e. The molecule has 180 valence electrons. The number of carbonyl (C=O) groups is 1. The number of nitrogens with zero attached hydrogens (tertiary/aromatic N) is 2. The number of amides is 1. The fraction of sp³-hybridized carbons (Fsp3) is 0.400. The third-order valence-electron chi connectivity index (χ3n) is 6.11. The molecule has 0 bridgehead atoms. The number of piperidine rings is 1. The second-order valence-electron chi connectivity index (χ2n) is 9.01. The summed E-state index contributed by atoms with van der Waals surface area (Å²) in [5.74, 6) is 0.501. The van der Waals surface area contributed by atoms with E-state index in [1.54, 1.807) is 43.6 Å². The van der Waals surface area contributed by atoms with Gasteiger partial charge < -0.3 is 15.1 Å². The predicted molar refractivity (Wildman–Crippen MR) is 130 cm³/mol. The van der Waals surface area contributed by atoms with Crippen molar-refractivity contribution < 1.29 is 17.6 Å². The number of benzene rings is 1. The summed E-state index contributed by atoms with van der Waals surface area (Å²) in [4.78, 5) is 21.0. The second kappa shape index (κ2) is 10.1. The Morgan fingerprint density at radius 2 is 1.85 bits per heavy atom. The van der Waals surface area contributed by atoms with Gasteiger partial charge in [0.05, 0.1) is 16.7 Å². The van der Waals surface area contributed by atoms with Crippen LogP contribution < -0.4 is 10.6 Å². The lowest BCUT2D eigenvalue weighted by atomic mass is 10.0. The van der Waals surface area contributed by atoms with E-state index in [-0.39, 0.29) is 29.0 Å². The number of carbonyl (C=O) groups excluding carboxylic acids is 1. The van der Waals surface area contributed by atoms with Gasteiger partial charge in [-0.3, -0.25) is 9.78 Å². The first-order chi connectivity index (χ1) is 16.2. The highest BCUT2D eigenvalue weighted by Gasteiger charge is 2.34. The molecule has 3 aromatic rings. The first kappa shape index (κ1) is 24.1. The van der Waals surface area contributed by atoms with Gasteiger partial charge >= 0.3 is 0 Å². The standard InChI is InChI=1S/C25H30N4O4S/c1-16-11-22(12-17(2)28-16)34(31,32)15-23-18(3)33-25(29-23)21-8-6-20(7-9-21)24(30)27-14-19-5-4-10-26-13-19/h4-10,13,16-17,22,28H,11-12,14-15H2,1-3H3,(H,27,30)/t16-,17+,22?. The van der Waals surface area contributed by atoms with Gasteiger partial charge in [0.15, 0.2) is 9.84 Å². The molecule has 3 heterocycles. The molecule has 1 aliphatic heterocycles. The lowest BCUT2D eigenvalue weighted by molar-refractivity contribution is 0.0951. The molecule has 34 heavy (non-hydrogen) atoms. The van der Waals surface area contributed by atoms with Crippen LogP contribution >= 0.6 is 0 Å². The molecule has 2 aromatic heterocycles. The summed E-state index contributed by atoms with van der Waals surface area (Å²) >= 11 is 0. The average Bonchev–Trinajstić information content (AvgIpc) is 3.17. The van der Waals surface area contributed by atoms with Gasteiger partial charge in [0.1, 0.15) is 5.76 Å². The van der Waals surface area contributed by atoms with Crippen LogP contribution in [0.1, 0.15) is 54.1 Å². The van der Waals surface area contributed by atoms with Crippen LogP contribution in [0.4, 0.5) is 0 Å². The molecule has 1 amide bonds. The van der Waals surface area contributed by atoms with Crippen LogP contribution in [-0.4, -0.2) is 41.6 Å². The number of sulfone groups is 1. The van der Waals surface area contributed by atoms with Crippen molar-refractivity contribution in [3.05, 3.63) is 71.4 Å². The Morgan fingerprint density at radius 3 is 2.50 bits per heavy atom. The molecule has 1 fully saturated rings. The molecule has 0 saturated carbocycles. The second-order valence-corrected chi connectivity index (χ2v) is 11.3. The van der Waals surface area contributed by atoms with Crippen LogP contribution in [0.25, 0.3) is 11.5 Å². The maximum absolute atomic E-state index is 13.1. The van der Waals surface area contributed by atoms with Crippen LogP contribution in [0.3, 0.4) is 0 Å². The molecule has 9 heteroatoms. The Hall–Kier alpha value is -3.04. The highest BCUT2D eigenvalue weighted by Crippen LogP contribution is 2.27. The summed E-state index contributed by atoms with van der Waals surface area (Å²) in [5, 5.41) is 5.86. The van der Waals surface area contributed by atoms with Crippen molar-refractivity contribution in [2.24, 2.45) is 0 Å². The number of hydrogen-bond donors (Lipinski definition) is 2. The van der Waals surface area contributed by atoms with E-state index >= 15 is 0 Å². The average molecular weight is 483 g/mol. The van der Waals surface area contributed by atoms with Gasteiger partial charge in [-0.05, 0) is 69.5 Å². The van der Waals surface area contributed by atoms with Crippen molar-refractivity contribution in [3.63, 3.8) is 0 Å². The normalized spacial score (nSPS) is 20.7. The third-order valence-corrected chi connectivity index (χ3v) is 8.19. The van der Waals surface area contributed by atoms with Crippen LogP contribution in [0.5, 0.6) is 0 Å². The zero-order valence-corrected chi connectivity index (χ0v) is 20.4. The summed E-state index contributed by atoms with van der Waals surface area (Å²) in [7, 11) is -3.36. The number of aryl methyl sites for hydroxylation is 1. The number of nitrogens with one attached hydrogen (secondary N) is 2. The summed E-state index contributed by atoms with van der Waals surface area (Å²) < 4.78 is 31.9. The number of rotatable bonds is 7. The molecule has 1 unspecified atom stereocenters. The van der Waals surface area contributed by atoms with Crippen LogP contribution in [0.2, 0.25) is 0 Å². The van der Waals surface area contributed by atoms with Crippen molar-refractivity contribution in [1.29, 1.82) is 0 Å². The molecule has 4 rings (SSSR count). The number of oxazole rings is 1. The largest absolute Gasteiger partial charge is 0.441 e. The molecular weight excluding hydrogens is 452 g/mol. The van der Waals surface area contributed by atoms with Crippen LogP contribution in [0.15, 0.2) is 53.2 Å². The minimum Gasteiger partial charge on any atom is -0.441 e. The maximum atomic E-state index is 13.1. The van der Waals surface area contributed by atoms with Gasteiger partial charge in [0.25, 0.3) is 5.91 Å². The van der Waals surface area contributed by atoms with Gasteiger partial charge in [0.2, 0.25) is 5.89 Å². The Balaban J connectivity index is 1.43. The Morgan fingerprint density at radius 1 is 1.15 bits per heavy atom. The van der Waals surface area contributed by atoms with E-state index in [1.807, 2.05) is 26.0 Å². The van der Waals surface area contributed by atoms with E-state index < -0.39 is 9.84 Å². The Bertz CT molecular complexity index is 1230. The van der Waals surface area contributed by atoms with Crippen molar-refractivity contribution in [3.8, 4) is 11.5 Å². The molecule has 0 spiro atoms. The number of pyridine rings is 1. The van der Waals surface area contributed by atoms with E-state index in [4.69, 9.17) is 4.42 Å². The lowest BCUT2D eigenvalue weighted by Gasteiger charge is -2.32. The van der Waals surface area contributed by atoms with Crippen molar-refractivity contribution >= 4 is 15.7 Å². The first-order valence-corrected chi connectivity index (χ1v) is 13.1. The summed E-state index contributed by atoms with van der Waals surface area (Å²) in [6.07, 6.45) is 4.59. The van der Waals surface area contributed by atoms with E-state index in [9.17, 15) is 13.2 Å². The number of aromatic nitrogens is 2. The van der Waals surface area contributed by atoms with Gasteiger partial charge in [-0.2, -0.15) is 0 Å².